The molecule has 1 radical (unpaired) electrons. The van der Waals surface area contributed by atoms with Gasteiger partial charge in [-0.25, -0.2) is 9.78 Å². The zero-order valence-corrected chi connectivity index (χ0v) is 14.6. The van der Waals surface area contributed by atoms with Crippen LogP contribution in [-0.4, -0.2) is 51.0 Å². The van der Waals surface area contributed by atoms with Crippen molar-refractivity contribution in [3.8, 4) is 5.75 Å². The standard InChI is InChI=1S/C18H21N6O2/c1-26-16-5-2-14(3-6-16)22-8-10-23(11-9-22)15-4-7-17(19-12-15)24-13-20-21-18(24)25/h2-7,12,20H,8-11,13H2,1H3. The number of carbonyl (C=O) groups excluding carboxylic acids is 1. The molecule has 0 unspecified atom stereocenters. The summed E-state index contributed by atoms with van der Waals surface area (Å²) in [4.78, 5) is 22.2. The van der Waals surface area contributed by atoms with Gasteiger partial charge in [0.2, 0.25) is 0 Å². The molecule has 3 heterocycles. The van der Waals surface area contributed by atoms with E-state index in [2.05, 4.69) is 37.8 Å². The van der Waals surface area contributed by atoms with Crippen molar-refractivity contribution < 1.29 is 9.53 Å². The number of ether oxygens (including phenoxy) is 1. The predicted octanol–water partition coefficient (Wildman–Crippen LogP) is 1.42. The lowest BCUT2D eigenvalue weighted by Crippen LogP contribution is -2.46. The summed E-state index contributed by atoms with van der Waals surface area (Å²) in [5, 5.41) is 0. The van der Waals surface area contributed by atoms with E-state index in [9.17, 15) is 4.79 Å². The molecule has 2 saturated heterocycles. The Morgan fingerprint density at radius 1 is 0.962 bits per heavy atom. The number of nitrogens with one attached hydrogen (secondary N) is 1. The summed E-state index contributed by atoms with van der Waals surface area (Å²) in [7, 11) is 1.68. The minimum absolute atomic E-state index is 0.307. The normalized spacial score (nSPS) is 17.4. The van der Waals surface area contributed by atoms with Crippen molar-refractivity contribution in [2.75, 3.05) is 54.7 Å². The lowest BCUT2D eigenvalue weighted by atomic mass is 10.2. The topological polar surface area (TPSA) is 75.0 Å². The minimum atomic E-state index is -0.307. The monoisotopic (exact) mass is 353 g/mol. The molecule has 0 atom stereocenters. The fourth-order valence-electron chi connectivity index (χ4n) is 3.22. The second-order valence-corrected chi connectivity index (χ2v) is 6.19. The van der Waals surface area contributed by atoms with Crippen molar-refractivity contribution in [3.63, 3.8) is 0 Å². The molecular formula is C18H21N6O2. The van der Waals surface area contributed by atoms with Crippen LogP contribution < -0.4 is 30.3 Å². The first-order chi connectivity index (χ1) is 12.7. The average molecular weight is 353 g/mol. The van der Waals surface area contributed by atoms with E-state index in [1.54, 1.807) is 7.11 Å². The highest BCUT2D eigenvalue weighted by Gasteiger charge is 2.24. The Kier molecular flexibility index (Phi) is 4.49. The zero-order chi connectivity index (χ0) is 17.9. The molecule has 1 N–H and O–H groups in total. The summed E-state index contributed by atoms with van der Waals surface area (Å²) in [6, 6.07) is 11.7. The van der Waals surface area contributed by atoms with Gasteiger partial charge in [0.1, 0.15) is 11.6 Å². The molecule has 2 fully saturated rings. The highest BCUT2D eigenvalue weighted by molar-refractivity contribution is 5.92. The van der Waals surface area contributed by atoms with E-state index in [-0.39, 0.29) is 6.03 Å². The van der Waals surface area contributed by atoms with Gasteiger partial charge in [-0.1, -0.05) is 0 Å². The van der Waals surface area contributed by atoms with Crippen LogP contribution in [0, 0.1) is 0 Å². The van der Waals surface area contributed by atoms with Crippen molar-refractivity contribution in [1.82, 2.24) is 15.8 Å². The molecule has 26 heavy (non-hydrogen) atoms. The first-order valence-electron chi connectivity index (χ1n) is 8.60. The van der Waals surface area contributed by atoms with Gasteiger partial charge in [-0.2, -0.15) is 5.43 Å². The van der Waals surface area contributed by atoms with Crippen LogP contribution >= 0.6 is 0 Å². The van der Waals surface area contributed by atoms with Gasteiger partial charge in [-0.05, 0) is 36.4 Å². The number of nitrogens with zero attached hydrogens (tertiary/aromatic N) is 5. The minimum Gasteiger partial charge on any atom is -0.497 e. The molecule has 4 rings (SSSR count). The number of benzene rings is 1. The van der Waals surface area contributed by atoms with Gasteiger partial charge in [-0.3, -0.25) is 4.90 Å². The summed E-state index contributed by atoms with van der Waals surface area (Å²) >= 11 is 0. The van der Waals surface area contributed by atoms with Gasteiger partial charge < -0.3 is 14.5 Å². The number of amides is 2. The van der Waals surface area contributed by atoms with E-state index >= 15 is 0 Å². The summed E-state index contributed by atoms with van der Waals surface area (Å²) in [6.07, 6.45) is 1.82. The Balaban J connectivity index is 1.37. The fraction of sp³-hybridized carbons (Fsp3) is 0.333. The molecule has 2 aliphatic rings. The lowest BCUT2D eigenvalue weighted by Gasteiger charge is -2.37. The van der Waals surface area contributed by atoms with Crippen LogP contribution in [0.3, 0.4) is 0 Å². The second kappa shape index (κ2) is 7.09. The largest absolute Gasteiger partial charge is 0.497 e. The first-order valence-corrected chi connectivity index (χ1v) is 8.60. The highest BCUT2D eigenvalue weighted by atomic mass is 16.5. The van der Waals surface area contributed by atoms with E-state index in [4.69, 9.17) is 4.74 Å². The van der Waals surface area contributed by atoms with Gasteiger partial charge in [0.05, 0.1) is 25.7 Å². The van der Waals surface area contributed by atoms with Gasteiger partial charge in [0, 0.05) is 31.9 Å². The van der Waals surface area contributed by atoms with Crippen LogP contribution in [0.2, 0.25) is 0 Å². The number of hydrogen-bond donors (Lipinski definition) is 1. The van der Waals surface area contributed by atoms with Crippen molar-refractivity contribution in [1.29, 1.82) is 0 Å². The van der Waals surface area contributed by atoms with Gasteiger partial charge in [0.15, 0.2) is 0 Å². The molecule has 1 aromatic carbocycles. The summed E-state index contributed by atoms with van der Waals surface area (Å²) in [5.41, 5.74) is 8.57. The predicted molar refractivity (Wildman–Crippen MR) is 99.7 cm³/mol. The van der Waals surface area contributed by atoms with E-state index in [1.807, 2.05) is 30.5 Å². The van der Waals surface area contributed by atoms with Crippen LogP contribution in [0.15, 0.2) is 42.6 Å². The van der Waals surface area contributed by atoms with Crippen LogP contribution in [0.4, 0.5) is 22.0 Å². The SMILES string of the molecule is COc1ccc(N2CCN(c3ccc(N4CN[N]C4=O)nc3)CC2)cc1. The van der Waals surface area contributed by atoms with Crippen LogP contribution in [0.5, 0.6) is 5.75 Å². The third kappa shape index (κ3) is 3.23. The second-order valence-electron chi connectivity index (χ2n) is 6.19. The summed E-state index contributed by atoms with van der Waals surface area (Å²) in [5.74, 6) is 1.49. The molecular weight excluding hydrogens is 332 g/mol. The molecule has 0 aliphatic carbocycles. The molecule has 2 aromatic rings. The molecule has 0 bridgehead atoms. The molecule has 2 amide bonds. The van der Waals surface area contributed by atoms with Gasteiger partial charge in [0.25, 0.3) is 0 Å². The number of aromatic nitrogens is 1. The third-order valence-electron chi connectivity index (χ3n) is 4.73. The number of carbonyl (C=O) groups is 1. The zero-order valence-electron chi connectivity index (χ0n) is 14.6. The van der Waals surface area contributed by atoms with Gasteiger partial charge >= 0.3 is 6.03 Å². The Hall–Kier alpha value is -3.00. The molecule has 1 aromatic heterocycles. The van der Waals surface area contributed by atoms with Crippen LogP contribution in [0.1, 0.15) is 0 Å². The summed E-state index contributed by atoms with van der Waals surface area (Å²) in [6.45, 7) is 4.11. The van der Waals surface area contributed by atoms with E-state index < -0.39 is 0 Å². The molecule has 0 saturated carbocycles. The van der Waals surface area contributed by atoms with E-state index in [0.29, 0.717) is 12.5 Å². The number of urea groups is 1. The average Bonchev–Trinajstić information content (AvgIpc) is 3.14. The quantitative estimate of drug-likeness (QED) is 0.896. The molecule has 2 aliphatic heterocycles. The number of pyridine rings is 1. The summed E-state index contributed by atoms with van der Waals surface area (Å²) < 4.78 is 5.22. The maximum Gasteiger partial charge on any atom is 0.362 e. The first kappa shape index (κ1) is 16.5. The molecule has 8 nitrogen and oxygen atoms in total. The Bertz CT molecular complexity index is 756. The van der Waals surface area contributed by atoms with Crippen LogP contribution in [0.25, 0.3) is 0 Å². The number of rotatable bonds is 4. The maximum atomic E-state index is 11.6. The van der Waals surface area contributed by atoms with Crippen molar-refractivity contribution >= 4 is 23.2 Å². The molecule has 0 spiro atoms. The number of piperazine rings is 1. The fourth-order valence-corrected chi connectivity index (χ4v) is 3.22. The Labute approximate surface area is 152 Å². The van der Waals surface area contributed by atoms with Crippen LogP contribution in [-0.2, 0) is 0 Å². The number of methoxy groups -OCH3 is 1. The number of anilines is 3. The smallest absolute Gasteiger partial charge is 0.362 e. The van der Waals surface area contributed by atoms with Crippen molar-refractivity contribution in [2.24, 2.45) is 0 Å². The maximum absolute atomic E-state index is 11.6. The lowest BCUT2D eigenvalue weighted by molar-refractivity contribution is 0.250. The van der Waals surface area contributed by atoms with Gasteiger partial charge in [-0.15, -0.1) is 5.43 Å². The van der Waals surface area contributed by atoms with Crippen molar-refractivity contribution in [2.45, 2.75) is 0 Å². The van der Waals surface area contributed by atoms with E-state index in [0.717, 1.165) is 37.6 Å². The van der Waals surface area contributed by atoms with E-state index in [1.165, 1.54) is 10.6 Å². The number of hydrogen-bond acceptors (Lipinski definition) is 6. The Morgan fingerprint density at radius 3 is 2.15 bits per heavy atom. The van der Waals surface area contributed by atoms with Crippen molar-refractivity contribution in [3.05, 3.63) is 42.6 Å². The highest BCUT2D eigenvalue weighted by Crippen LogP contribution is 2.23. The Morgan fingerprint density at radius 2 is 1.62 bits per heavy atom. The third-order valence-corrected chi connectivity index (χ3v) is 4.73. The molecule has 8 heteroatoms. The molecule has 135 valence electrons.